The molecule has 152 valence electrons. The van der Waals surface area contributed by atoms with Crippen LogP contribution in [0.1, 0.15) is 12.8 Å². The quantitative estimate of drug-likeness (QED) is 0.727. The number of rotatable bonds is 5. The molecule has 0 amide bonds. The molecule has 0 spiro atoms. The molecular weight excluding hydrogens is 412 g/mol. The Morgan fingerprint density at radius 1 is 0.893 bits per heavy atom. The van der Waals surface area contributed by atoms with E-state index in [4.69, 9.17) is 4.74 Å². The molecular formula is C18H19F2NO5S2. The van der Waals surface area contributed by atoms with E-state index in [0.29, 0.717) is 11.8 Å². The predicted molar refractivity (Wildman–Crippen MR) is 98.3 cm³/mol. The minimum Gasteiger partial charge on any atom is -0.497 e. The molecule has 0 unspecified atom stereocenters. The molecule has 0 bridgehead atoms. The summed E-state index contributed by atoms with van der Waals surface area (Å²) in [5, 5.41) is -0.739. The van der Waals surface area contributed by atoms with Crippen LogP contribution in [-0.2, 0) is 19.9 Å². The summed E-state index contributed by atoms with van der Waals surface area (Å²) < 4.78 is 83.6. The van der Waals surface area contributed by atoms with Gasteiger partial charge in [-0.25, -0.2) is 25.6 Å². The molecule has 6 nitrogen and oxygen atoms in total. The molecule has 0 aromatic heterocycles. The Balaban J connectivity index is 1.76. The van der Waals surface area contributed by atoms with Crippen LogP contribution >= 0.6 is 0 Å². The highest BCUT2D eigenvalue weighted by molar-refractivity contribution is 7.92. The fourth-order valence-corrected chi connectivity index (χ4v) is 6.41. The van der Waals surface area contributed by atoms with Crippen LogP contribution in [0.3, 0.4) is 0 Å². The van der Waals surface area contributed by atoms with Gasteiger partial charge in [0.25, 0.3) is 0 Å². The first-order chi connectivity index (χ1) is 13.1. The van der Waals surface area contributed by atoms with Gasteiger partial charge in [-0.1, -0.05) is 0 Å². The number of hydrogen-bond donors (Lipinski definition) is 0. The molecule has 1 aliphatic heterocycles. The largest absolute Gasteiger partial charge is 0.497 e. The minimum atomic E-state index is -4.11. The number of piperidine rings is 1. The number of sulfonamides is 1. The highest BCUT2D eigenvalue weighted by Crippen LogP contribution is 2.29. The second-order valence-electron chi connectivity index (χ2n) is 6.43. The summed E-state index contributed by atoms with van der Waals surface area (Å²) in [6, 6.07) is 8.08. The summed E-state index contributed by atoms with van der Waals surface area (Å²) in [6.45, 7) is -0.110. The van der Waals surface area contributed by atoms with Crippen LogP contribution in [0, 0.1) is 11.6 Å². The molecule has 0 N–H and O–H groups in total. The number of halogens is 2. The standard InChI is InChI=1S/C18H19F2NO5S2/c1-26-15-2-4-16(5-3-15)27(22,23)17-6-8-21(9-7-17)28(24,25)18-11-13(19)10-14(20)12-18/h2-5,10-12,17H,6-9H2,1H3. The molecule has 0 aliphatic carbocycles. The first kappa shape index (κ1) is 20.7. The van der Waals surface area contributed by atoms with Crippen molar-refractivity contribution in [1.29, 1.82) is 0 Å². The Morgan fingerprint density at radius 3 is 1.93 bits per heavy atom. The van der Waals surface area contributed by atoms with Gasteiger partial charge in [0.05, 0.1) is 22.2 Å². The maximum Gasteiger partial charge on any atom is 0.243 e. The second kappa shape index (κ2) is 7.76. The molecule has 0 radical (unpaired) electrons. The number of hydrogen-bond acceptors (Lipinski definition) is 5. The SMILES string of the molecule is COc1ccc(S(=O)(=O)C2CCN(S(=O)(=O)c3cc(F)cc(F)c3)CC2)cc1. The van der Waals surface area contributed by atoms with Crippen LogP contribution in [-0.4, -0.2) is 46.6 Å². The van der Waals surface area contributed by atoms with Crippen molar-refractivity contribution in [3.63, 3.8) is 0 Å². The highest BCUT2D eigenvalue weighted by Gasteiger charge is 2.36. The fraction of sp³-hybridized carbons (Fsp3) is 0.333. The van der Waals surface area contributed by atoms with Gasteiger partial charge < -0.3 is 4.74 Å². The third-order valence-electron chi connectivity index (χ3n) is 4.70. The summed E-state index contributed by atoms with van der Waals surface area (Å²) in [7, 11) is -6.26. The van der Waals surface area contributed by atoms with Gasteiger partial charge in [0.2, 0.25) is 10.0 Å². The van der Waals surface area contributed by atoms with Gasteiger partial charge in [-0.3, -0.25) is 0 Å². The number of methoxy groups -OCH3 is 1. The maximum absolute atomic E-state index is 13.4. The van der Waals surface area contributed by atoms with Gasteiger partial charge in [0.1, 0.15) is 17.4 Å². The zero-order chi connectivity index (χ0) is 20.5. The molecule has 10 heteroatoms. The van der Waals surface area contributed by atoms with E-state index in [0.717, 1.165) is 16.4 Å². The van der Waals surface area contributed by atoms with Gasteiger partial charge in [-0.15, -0.1) is 0 Å². The van der Waals surface area contributed by atoms with Crippen LogP contribution in [0.15, 0.2) is 52.3 Å². The third kappa shape index (κ3) is 4.03. The van der Waals surface area contributed by atoms with E-state index in [9.17, 15) is 25.6 Å². The van der Waals surface area contributed by atoms with Gasteiger partial charge >= 0.3 is 0 Å². The van der Waals surface area contributed by atoms with Crippen LogP contribution in [0.25, 0.3) is 0 Å². The first-order valence-electron chi connectivity index (χ1n) is 8.49. The fourth-order valence-electron chi connectivity index (χ4n) is 3.17. The third-order valence-corrected chi connectivity index (χ3v) is 8.86. The number of nitrogens with zero attached hydrogens (tertiary/aromatic N) is 1. The minimum absolute atomic E-state index is 0.0550. The van der Waals surface area contributed by atoms with Crippen LogP contribution in [0.4, 0.5) is 8.78 Å². The lowest BCUT2D eigenvalue weighted by molar-refractivity contribution is 0.345. The summed E-state index contributed by atoms with van der Waals surface area (Å²) >= 11 is 0. The Kier molecular flexibility index (Phi) is 5.74. The average Bonchev–Trinajstić information content (AvgIpc) is 2.67. The summed E-state index contributed by atoms with van der Waals surface area (Å²) in [5.41, 5.74) is 0. The smallest absolute Gasteiger partial charge is 0.243 e. The molecule has 0 atom stereocenters. The normalized spacial score (nSPS) is 16.8. The molecule has 1 saturated heterocycles. The van der Waals surface area contributed by atoms with Crippen molar-refractivity contribution in [2.24, 2.45) is 0 Å². The van der Waals surface area contributed by atoms with Crippen LogP contribution in [0.5, 0.6) is 5.75 Å². The lowest BCUT2D eigenvalue weighted by Crippen LogP contribution is -2.42. The number of sulfone groups is 1. The molecule has 28 heavy (non-hydrogen) atoms. The van der Waals surface area contributed by atoms with E-state index in [-0.39, 0.29) is 30.8 Å². The highest BCUT2D eigenvalue weighted by atomic mass is 32.2. The topological polar surface area (TPSA) is 80.8 Å². The van der Waals surface area contributed by atoms with Gasteiger partial charge in [-0.2, -0.15) is 4.31 Å². The summed E-state index contributed by atoms with van der Waals surface area (Å²) in [6.07, 6.45) is 0.177. The molecule has 3 rings (SSSR count). The van der Waals surface area contributed by atoms with Crippen molar-refractivity contribution in [2.75, 3.05) is 20.2 Å². The van der Waals surface area contributed by atoms with Crippen LogP contribution < -0.4 is 4.74 Å². The van der Waals surface area contributed by atoms with Crippen molar-refractivity contribution in [3.05, 3.63) is 54.1 Å². The van der Waals surface area contributed by atoms with Crippen molar-refractivity contribution in [3.8, 4) is 5.75 Å². The van der Waals surface area contributed by atoms with Crippen LogP contribution in [0.2, 0.25) is 0 Å². The monoisotopic (exact) mass is 431 g/mol. The van der Waals surface area contributed by atoms with E-state index in [1.54, 1.807) is 12.1 Å². The first-order valence-corrected chi connectivity index (χ1v) is 11.5. The molecule has 1 aliphatic rings. The second-order valence-corrected chi connectivity index (χ2v) is 10.6. The lowest BCUT2D eigenvalue weighted by Gasteiger charge is -2.31. The van der Waals surface area contributed by atoms with E-state index in [1.165, 1.54) is 19.2 Å². The molecule has 0 saturated carbocycles. The molecule has 1 heterocycles. The molecule has 1 fully saturated rings. The Morgan fingerprint density at radius 2 is 1.43 bits per heavy atom. The van der Waals surface area contributed by atoms with Gasteiger partial charge in [0.15, 0.2) is 9.84 Å². The zero-order valence-electron chi connectivity index (χ0n) is 15.0. The molecule has 2 aromatic rings. The summed E-state index contributed by atoms with van der Waals surface area (Å²) in [5.74, 6) is -1.45. The van der Waals surface area contributed by atoms with E-state index < -0.39 is 41.6 Å². The maximum atomic E-state index is 13.4. The van der Waals surface area contributed by atoms with Crippen molar-refractivity contribution < 1.29 is 30.4 Å². The molecule has 2 aromatic carbocycles. The van der Waals surface area contributed by atoms with Crippen molar-refractivity contribution in [2.45, 2.75) is 27.9 Å². The Labute approximate surface area is 162 Å². The number of ether oxygens (including phenoxy) is 1. The van der Waals surface area contributed by atoms with Gasteiger partial charge in [0, 0.05) is 19.2 Å². The van der Waals surface area contributed by atoms with E-state index in [1.807, 2.05) is 0 Å². The lowest BCUT2D eigenvalue weighted by atomic mass is 10.2. The Hall–Kier alpha value is -2.04. The predicted octanol–water partition coefficient (Wildman–Crippen LogP) is 2.60. The Bertz CT molecular complexity index is 1040. The zero-order valence-corrected chi connectivity index (χ0v) is 16.6. The van der Waals surface area contributed by atoms with E-state index >= 15 is 0 Å². The van der Waals surface area contributed by atoms with Crippen molar-refractivity contribution in [1.82, 2.24) is 4.31 Å². The van der Waals surface area contributed by atoms with E-state index in [2.05, 4.69) is 0 Å². The van der Waals surface area contributed by atoms with Crippen molar-refractivity contribution >= 4 is 19.9 Å². The summed E-state index contributed by atoms with van der Waals surface area (Å²) in [4.78, 5) is -0.344. The average molecular weight is 431 g/mol. The van der Waals surface area contributed by atoms with Gasteiger partial charge in [-0.05, 0) is 49.2 Å². The number of benzene rings is 2.